The van der Waals surface area contributed by atoms with E-state index in [1.54, 1.807) is 39.5 Å². The number of rotatable bonds is 20. The molecule has 8 atom stereocenters. The van der Waals surface area contributed by atoms with Crippen molar-refractivity contribution < 1.29 is 38.7 Å². The van der Waals surface area contributed by atoms with Gasteiger partial charge in [-0.1, -0.05) is 85.2 Å². The first-order chi connectivity index (χ1) is 25.2. The predicted octanol–water partition coefficient (Wildman–Crippen LogP) is -0.393. The van der Waals surface area contributed by atoms with E-state index in [1.807, 2.05) is 44.2 Å². The summed E-state index contributed by atoms with van der Waals surface area (Å²) >= 11 is 0. The van der Waals surface area contributed by atoms with E-state index in [9.17, 15) is 38.7 Å². The number of carbonyl (C=O) groups excluding carboxylic acids is 7. The molecule has 3 unspecified atom stereocenters. The van der Waals surface area contributed by atoms with Gasteiger partial charge in [0, 0.05) is 13.5 Å². The van der Waals surface area contributed by atoms with E-state index in [2.05, 4.69) is 26.6 Å². The van der Waals surface area contributed by atoms with Gasteiger partial charge in [-0.2, -0.15) is 0 Å². The monoisotopic (exact) mass is 758 g/mol. The molecule has 2 rings (SSSR count). The highest BCUT2D eigenvalue weighted by Gasteiger charge is 2.39. The smallest absolute Gasteiger partial charge is 0.243 e. The molecule has 1 aromatic rings. The topological polar surface area (TPSA) is 255 Å². The van der Waals surface area contributed by atoms with Gasteiger partial charge in [0.15, 0.2) is 0 Å². The Morgan fingerprint density at radius 2 is 1.50 bits per heavy atom. The Morgan fingerprint density at radius 3 is 2.02 bits per heavy atom. The molecule has 7 amide bonds. The average molecular weight is 759 g/mol. The van der Waals surface area contributed by atoms with Crippen molar-refractivity contribution in [2.75, 3.05) is 13.1 Å². The number of β-amino-alcohol motifs (C(OH)–C–C–N with tert-alkyl or cyclic N) is 1. The van der Waals surface area contributed by atoms with Crippen LogP contribution in [0.4, 0.5) is 0 Å². The van der Waals surface area contributed by atoms with Crippen molar-refractivity contribution in [2.45, 2.75) is 130 Å². The zero-order valence-corrected chi connectivity index (χ0v) is 32.9. The summed E-state index contributed by atoms with van der Waals surface area (Å²) in [5.74, 6) is -4.92. The van der Waals surface area contributed by atoms with Crippen LogP contribution in [-0.2, 0) is 40.0 Å². The normalized spacial score (nSPS) is 18.6. The van der Waals surface area contributed by atoms with E-state index in [0.717, 1.165) is 5.56 Å². The van der Waals surface area contributed by atoms with Crippen molar-refractivity contribution in [1.29, 1.82) is 0 Å². The fraction of sp³-hybridized carbons (Fsp3) is 0.658. The molecule has 16 nitrogen and oxygen atoms in total. The summed E-state index contributed by atoms with van der Waals surface area (Å²) in [5, 5.41) is 25.2. The molecule has 1 heterocycles. The second-order valence-electron chi connectivity index (χ2n) is 15.8. The Labute approximate surface area is 318 Å². The lowest BCUT2D eigenvalue weighted by Gasteiger charge is -2.33. The molecule has 10 N–H and O–H groups in total. The SMILES string of the molecule is CC[C@H](C)C(NC(=O)C1CCCN1C[C@H](O)[C@H](Cc1ccccc1)NC(=O)[C@H](CC(N)=O)NC(=O)[C@@H](NC(C)=O)C(C)(C)C)C(=O)NC(C(N)=O)C(C)C. The van der Waals surface area contributed by atoms with Gasteiger partial charge in [0.25, 0.3) is 0 Å². The number of amides is 7. The highest BCUT2D eigenvalue weighted by atomic mass is 16.3. The summed E-state index contributed by atoms with van der Waals surface area (Å²) in [5.41, 5.74) is 11.0. The Balaban J connectivity index is 2.32. The molecule has 0 spiro atoms. The van der Waals surface area contributed by atoms with Crippen molar-refractivity contribution in [2.24, 2.45) is 28.7 Å². The van der Waals surface area contributed by atoms with Gasteiger partial charge in [0.1, 0.15) is 24.2 Å². The lowest BCUT2D eigenvalue weighted by molar-refractivity contribution is -0.135. The molecular formula is C38H62N8O8. The third kappa shape index (κ3) is 14.0. The standard InChI is InChI=1S/C38H62N8O8/c1-9-22(4)31(36(53)44-30(21(2)3)33(40)50)45-35(52)27-16-13-17-46(27)20-28(48)25(18-24-14-11-10-12-15-24)42-34(51)26(19-29(39)49)43-37(54)32(38(6,7)8)41-23(5)47/h10-12,14-15,21-22,25-28,30-32,48H,9,13,16-20H2,1-8H3,(H2,39,49)(H2,40,50)(H,41,47)(H,42,51)(H,43,54)(H,44,53)(H,45,52)/t22-,25-,26-,27?,28-,30?,31?,32+/m0/s1. The summed E-state index contributed by atoms with van der Waals surface area (Å²) in [6.07, 6.45) is 0.0445. The molecule has 1 saturated heterocycles. The number of nitrogens with one attached hydrogen (secondary N) is 5. The minimum atomic E-state index is -1.42. The fourth-order valence-electron chi connectivity index (χ4n) is 6.45. The van der Waals surface area contributed by atoms with Crippen LogP contribution in [0.5, 0.6) is 0 Å². The summed E-state index contributed by atoms with van der Waals surface area (Å²) in [6.45, 7) is 14.1. The Morgan fingerprint density at radius 1 is 0.870 bits per heavy atom. The van der Waals surface area contributed by atoms with Gasteiger partial charge in [-0.05, 0) is 48.6 Å². The van der Waals surface area contributed by atoms with Crippen LogP contribution in [0, 0.1) is 17.3 Å². The van der Waals surface area contributed by atoms with Crippen LogP contribution in [-0.4, -0.2) is 107 Å². The maximum atomic E-state index is 13.8. The minimum Gasteiger partial charge on any atom is -0.390 e. The molecular weight excluding hydrogens is 696 g/mol. The first kappa shape index (κ1) is 45.6. The molecule has 0 aromatic heterocycles. The van der Waals surface area contributed by atoms with Gasteiger partial charge < -0.3 is 43.2 Å². The largest absolute Gasteiger partial charge is 0.390 e. The molecule has 1 aromatic carbocycles. The van der Waals surface area contributed by atoms with Crippen LogP contribution in [0.15, 0.2) is 30.3 Å². The van der Waals surface area contributed by atoms with E-state index in [4.69, 9.17) is 11.5 Å². The number of aliphatic hydroxyl groups is 1. The third-order valence-electron chi connectivity index (χ3n) is 9.76. The maximum absolute atomic E-state index is 13.8. The van der Waals surface area contributed by atoms with Crippen molar-refractivity contribution in [3.05, 3.63) is 35.9 Å². The molecule has 54 heavy (non-hydrogen) atoms. The van der Waals surface area contributed by atoms with Crippen LogP contribution in [0.3, 0.4) is 0 Å². The van der Waals surface area contributed by atoms with Crippen LogP contribution >= 0.6 is 0 Å². The predicted molar refractivity (Wildman–Crippen MR) is 203 cm³/mol. The van der Waals surface area contributed by atoms with Gasteiger partial charge in [0.05, 0.1) is 24.6 Å². The molecule has 0 saturated carbocycles. The Kier molecular flexibility index (Phi) is 17.5. The van der Waals surface area contributed by atoms with Gasteiger partial charge in [-0.25, -0.2) is 0 Å². The number of hydrogen-bond donors (Lipinski definition) is 8. The van der Waals surface area contributed by atoms with Crippen LogP contribution in [0.2, 0.25) is 0 Å². The molecule has 1 aliphatic heterocycles. The van der Waals surface area contributed by atoms with Crippen LogP contribution in [0.1, 0.15) is 86.6 Å². The summed E-state index contributed by atoms with van der Waals surface area (Å²) in [4.78, 5) is 92.0. The second kappa shape index (κ2) is 20.8. The molecule has 16 heteroatoms. The van der Waals surface area contributed by atoms with E-state index in [-0.39, 0.29) is 24.8 Å². The average Bonchev–Trinajstić information content (AvgIpc) is 3.54. The number of hydrogen-bond acceptors (Lipinski definition) is 9. The van der Waals surface area contributed by atoms with Gasteiger partial charge in [-0.15, -0.1) is 0 Å². The van der Waals surface area contributed by atoms with Crippen molar-refractivity contribution in [1.82, 2.24) is 31.5 Å². The van der Waals surface area contributed by atoms with E-state index < -0.39 is 95.5 Å². The number of nitrogens with zero attached hydrogens (tertiary/aromatic N) is 1. The van der Waals surface area contributed by atoms with E-state index in [0.29, 0.717) is 25.8 Å². The number of likely N-dealkylation sites (tertiary alicyclic amines) is 1. The first-order valence-corrected chi connectivity index (χ1v) is 18.7. The minimum absolute atomic E-state index is 0.0331. The Bertz CT molecular complexity index is 1470. The molecule has 0 bridgehead atoms. The number of primary amides is 2. The number of aliphatic hydroxyl groups excluding tert-OH is 1. The van der Waals surface area contributed by atoms with Gasteiger partial charge >= 0.3 is 0 Å². The molecule has 1 fully saturated rings. The highest BCUT2D eigenvalue weighted by Crippen LogP contribution is 2.22. The summed E-state index contributed by atoms with van der Waals surface area (Å²) in [7, 11) is 0. The quantitative estimate of drug-likeness (QED) is 0.0861. The van der Waals surface area contributed by atoms with E-state index in [1.165, 1.54) is 6.92 Å². The highest BCUT2D eigenvalue weighted by molar-refractivity contribution is 5.95. The zero-order chi connectivity index (χ0) is 40.9. The molecule has 0 aliphatic carbocycles. The second-order valence-corrected chi connectivity index (χ2v) is 15.8. The molecule has 1 aliphatic rings. The van der Waals surface area contributed by atoms with E-state index >= 15 is 0 Å². The number of carbonyl (C=O) groups is 7. The van der Waals surface area contributed by atoms with Crippen molar-refractivity contribution in [3.8, 4) is 0 Å². The van der Waals surface area contributed by atoms with Gasteiger partial charge in [-0.3, -0.25) is 38.5 Å². The maximum Gasteiger partial charge on any atom is 0.243 e. The fourth-order valence-corrected chi connectivity index (χ4v) is 6.45. The van der Waals surface area contributed by atoms with Crippen molar-refractivity contribution >= 4 is 41.4 Å². The zero-order valence-electron chi connectivity index (χ0n) is 32.9. The molecule has 0 radical (unpaired) electrons. The summed E-state index contributed by atoms with van der Waals surface area (Å²) in [6, 6.07) is 3.14. The third-order valence-corrected chi connectivity index (χ3v) is 9.76. The van der Waals surface area contributed by atoms with Crippen LogP contribution in [0.25, 0.3) is 0 Å². The lowest BCUT2D eigenvalue weighted by atomic mass is 9.86. The first-order valence-electron chi connectivity index (χ1n) is 18.7. The lowest BCUT2D eigenvalue weighted by Crippen LogP contribution is -2.60. The summed E-state index contributed by atoms with van der Waals surface area (Å²) < 4.78 is 0. The Hall–Kier alpha value is -4.57. The number of benzene rings is 1. The van der Waals surface area contributed by atoms with Crippen LogP contribution < -0.4 is 38.1 Å². The van der Waals surface area contributed by atoms with Crippen molar-refractivity contribution in [3.63, 3.8) is 0 Å². The number of nitrogens with two attached hydrogens (primary N) is 2. The molecule has 302 valence electrons. The van der Waals surface area contributed by atoms with Gasteiger partial charge in [0.2, 0.25) is 41.4 Å².